The molecule has 0 bridgehead atoms. The highest BCUT2D eigenvalue weighted by Gasteiger charge is 2.33. The van der Waals surface area contributed by atoms with Crippen molar-refractivity contribution >= 4 is 0 Å². The van der Waals surface area contributed by atoms with Gasteiger partial charge in [0.25, 0.3) is 0 Å². The van der Waals surface area contributed by atoms with Gasteiger partial charge in [0.15, 0.2) is 0 Å². The Balaban J connectivity index is 2.09. The van der Waals surface area contributed by atoms with Crippen LogP contribution in [-0.2, 0) is 0 Å². The number of hydrogen-bond acceptors (Lipinski definition) is 2. The first-order valence-electron chi connectivity index (χ1n) is 7.43. The lowest BCUT2D eigenvalue weighted by Crippen LogP contribution is -2.45. The third kappa shape index (κ3) is 3.30. The Hall–Kier alpha value is -1.02. The average molecular weight is 261 g/mol. The minimum Gasteiger partial charge on any atom is -0.496 e. The lowest BCUT2D eigenvalue weighted by Gasteiger charge is -2.41. The fourth-order valence-electron chi connectivity index (χ4n) is 3.22. The quantitative estimate of drug-likeness (QED) is 0.871. The molecule has 2 nitrogen and oxygen atoms in total. The highest BCUT2D eigenvalue weighted by atomic mass is 16.5. The maximum atomic E-state index is 5.47. The molecule has 1 aliphatic rings. The van der Waals surface area contributed by atoms with E-state index in [1.54, 1.807) is 7.11 Å². The van der Waals surface area contributed by atoms with Gasteiger partial charge >= 0.3 is 0 Å². The van der Waals surface area contributed by atoms with Crippen molar-refractivity contribution in [2.45, 2.75) is 58.5 Å². The average Bonchev–Trinajstić information content (AvgIpc) is 2.41. The van der Waals surface area contributed by atoms with Crippen LogP contribution in [0.3, 0.4) is 0 Å². The fraction of sp³-hybridized carbons (Fsp3) is 0.647. The van der Waals surface area contributed by atoms with E-state index in [1.165, 1.54) is 31.2 Å². The molecule has 0 spiro atoms. The molecule has 2 rings (SSSR count). The molecule has 2 heteroatoms. The van der Waals surface area contributed by atoms with E-state index in [0.717, 1.165) is 5.75 Å². The second-order valence-electron chi connectivity index (χ2n) is 6.42. The molecule has 1 unspecified atom stereocenters. The molecule has 1 aromatic carbocycles. The Morgan fingerprint density at radius 2 is 2.00 bits per heavy atom. The van der Waals surface area contributed by atoms with E-state index < -0.39 is 0 Å². The van der Waals surface area contributed by atoms with Gasteiger partial charge in [0.1, 0.15) is 5.75 Å². The lowest BCUT2D eigenvalue weighted by molar-refractivity contribution is 0.157. The van der Waals surface area contributed by atoms with Gasteiger partial charge in [-0.05, 0) is 31.2 Å². The first kappa shape index (κ1) is 14.4. The van der Waals surface area contributed by atoms with E-state index in [1.807, 2.05) is 12.1 Å². The zero-order chi connectivity index (χ0) is 13.9. The maximum absolute atomic E-state index is 5.47. The predicted molar refractivity (Wildman–Crippen MR) is 80.6 cm³/mol. The summed E-state index contributed by atoms with van der Waals surface area (Å²) >= 11 is 0. The number of nitrogens with one attached hydrogen (secondary N) is 1. The second-order valence-corrected chi connectivity index (χ2v) is 6.42. The van der Waals surface area contributed by atoms with Crippen molar-refractivity contribution in [1.82, 2.24) is 5.32 Å². The van der Waals surface area contributed by atoms with Crippen LogP contribution in [0, 0.1) is 5.41 Å². The summed E-state index contributed by atoms with van der Waals surface area (Å²) in [6.07, 6.45) is 5.32. The molecule has 106 valence electrons. The molecule has 0 aliphatic heterocycles. The lowest BCUT2D eigenvalue weighted by atomic mass is 9.73. The van der Waals surface area contributed by atoms with Crippen molar-refractivity contribution in [2.75, 3.05) is 7.11 Å². The summed E-state index contributed by atoms with van der Waals surface area (Å²) in [5.41, 5.74) is 1.65. The van der Waals surface area contributed by atoms with Gasteiger partial charge in [-0.15, -0.1) is 0 Å². The predicted octanol–water partition coefficient (Wildman–Crippen LogP) is 4.31. The van der Waals surface area contributed by atoms with Gasteiger partial charge in [-0.1, -0.05) is 44.9 Å². The molecule has 1 fully saturated rings. The van der Waals surface area contributed by atoms with E-state index in [0.29, 0.717) is 17.5 Å². The Morgan fingerprint density at radius 1 is 1.26 bits per heavy atom. The highest BCUT2D eigenvalue weighted by Crippen LogP contribution is 2.37. The molecule has 2 atom stereocenters. The first-order chi connectivity index (χ1) is 9.04. The number of para-hydroxylation sites is 1. The summed E-state index contributed by atoms with van der Waals surface area (Å²) < 4.78 is 5.47. The summed E-state index contributed by atoms with van der Waals surface area (Å²) in [6.45, 7) is 7.01. The molecular formula is C17H27NO. The van der Waals surface area contributed by atoms with Crippen molar-refractivity contribution in [2.24, 2.45) is 5.41 Å². The SMILES string of the molecule is COc1ccccc1[C@H](C)NC1CCCCC1(C)C. The van der Waals surface area contributed by atoms with Crippen LogP contribution in [0.5, 0.6) is 5.75 Å². The van der Waals surface area contributed by atoms with Crippen LogP contribution >= 0.6 is 0 Å². The number of methoxy groups -OCH3 is 1. The highest BCUT2D eigenvalue weighted by molar-refractivity contribution is 5.35. The molecular weight excluding hydrogens is 234 g/mol. The Labute approximate surface area is 117 Å². The number of benzene rings is 1. The molecule has 0 heterocycles. The van der Waals surface area contributed by atoms with E-state index in [2.05, 4.69) is 38.2 Å². The van der Waals surface area contributed by atoms with Crippen LogP contribution in [0.4, 0.5) is 0 Å². The minimum absolute atomic E-state index is 0.332. The van der Waals surface area contributed by atoms with Crippen molar-refractivity contribution < 1.29 is 4.74 Å². The summed E-state index contributed by atoms with van der Waals surface area (Å²) in [5.74, 6) is 0.983. The molecule has 0 saturated heterocycles. The van der Waals surface area contributed by atoms with E-state index in [9.17, 15) is 0 Å². The number of hydrogen-bond donors (Lipinski definition) is 1. The molecule has 19 heavy (non-hydrogen) atoms. The summed E-state index contributed by atoms with van der Waals surface area (Å²) in [6, 6.07) is 9.24. The van der Waals surface area contributed by atoms with Gasteiger partial charge in [-0.3, -0.25) is 0 Å². The smallest absolute Gasteiger partial charge is 0.123 e. The van der Waals surface area contributed by atoms with Crippen LogP contribution in [0.1, 0.15) is 58.1 Å². The van der Waals surface area contributed by atoms with Crippen LogP contribution in [0.2, 0.25) is 0 Å². The fourth-order valence-corrected chi connectivity index (χ4v) is 3.22. The third-order valence-corrected chi connectivity index (χ3v) is 4.56. The first-order valence-corrected chi connectivity index (χ1v) is 7.43. The van der Waals surface area contributed by atoms with Crippen molar-refractivity contribution in [3.63, 3.8) is 0 Å². The molecule has 1 aliphatic carbocycles. The molecule has 1 saturated carbocycles. The Kier molecular flexibility index (Phi) is 4.51. The molecule has 0 amide bonds. The van der Waals surface area contributed by atoms with Gasteiger partial charge in [-0.2, -0.15) is 0 Å². The monoisotopic (exact) mass is 261 g/mol. The maximum Gasteiger partial charge on any atom is 0.123 e. The standard InChI is InChI=1S/C17H27NO/c1-13(14-9-5-6-10-15(14)19-4)18-16-11-7-8-12-17(16,2)3/h5-6,9-10,13,16,18H,7-8,11-12H2,1-4H3/t13-,16?/m0/s1. The van der Waals surface area contributed by atoms with E-state index in [4.69, 9.17) is 4.74 Å². The Bertz CT molecular complexity index is 413. The zero-order valence-electron chi connectivity index (χ0n) is 12.7. The summed E-state index contributed by atoms with van der Waals surface area (Å²) in [4.78, 5) is 0. The Morgan fingerprint density at radius 3 is 2.68 bits per heavy atom. The van der Waals surface area contributed by atoms with E-state index >= 15 is 0 Å². The molecule has 0 aromatic heterocycles. The van der Waals surface area contributed by atoms with Crippen LogP contribution in [-0.4, -0.2) is 13.2 Å². The van der Waals surface area contributed by atoms with Crippen molar-refractivity contribution in [3.8, 4) is 5.75 Å². The van der Waals surface area contributed by atoms with E-state index in [-0.39, 0.29) is 0 Å². The number of rotatable bonds is 4. The molecule has 1 N–H and O–H groups in total. The molecule has 0 radical (unpaired) electrons. The number of ether oxygens (including phenoxy) is 1. The van der Waals surface area contributed by atoms with Crippen LogP contribution in [0.15, 0.2) is 24.3 Å². The van der Waals surface area contributed by atoms with Gasteiger partial charge in [-0.25, -0.2) is 0 Å². The topological polar surface area (TPSA) is 21.3 Å². The van der Waals surface area contributed by atoms with Gasteiger partial charge in [0, 0.05) is 17.6 Å². The van der Waals surface area contributed by atoms with Gasteiger partial charge in [0.2, 0.25) is 0 Å². The second kappa shape index (κ2) is 5.96. The summed E-state index contributed by atoms with van der Waals surface area (Å²) in [7, 11) is 1.75. The summed E-state index contributed by atoms with van der Waals surface area (Å²) in [5, 5.41) is 3.82. The largest absolute Gasteiger partial charge is 0.496 e. The van der Waals surface area contributed by atoms with Crippen molar-refractivity contribution in [1.29, 1.82) is 0 Å². The van der Waals surface area contributed by atoms with Gasteiger partial charge in [0.05, 0.1) is 7.11 Å². The van der Waals surface area contributed by atoms with Crippen LogP contribution in [0.25, 0.3) is 0 Å². The van der Waals surface area contributed by atoms with Crippen molar-refractivity contribution in [3.05, 3.63) is 29.8 Å². The van der Waals surface area contributed by atoms with Crippen LogP contribution < -0.4 is 10.1 Å². The minimum atomic E-state index is 0.332. The van der Waals surface area contributed by atoms with Gasteiger partial charge < -0.3 is 10.1 Å². The molecule has 1 aromatic rings. The normalized spacial score (nSPS) is 23.9. The third-order valence-electron chi connectivity index (χ3n) is 4.56. The zero-order valence-corrected chi connectivity index (χ0v) is 12.7.